The molecular weight excluding hydrogens is 500 g/mol. The lowest BCUT2D eigenvalue weighted by Crippen LogP contribution is -2.46. The number of methoxy groups -OCH3 is 1. The molecule has 0 heterocycles. The summed E-state index contributed by atoms with van der Waals surface area (Å²) in [5, 5.41) is 12.0. The van der Waals surface area contributed by atoms with E-state index in [-0.39, 0.29) is 36.0 Å². The SMILES string of the molecule is COc1ccccc1CN(CC(=O)NC1CCC(N)CC1)S(=O)(=O)c1ccc(-c2ccc(C#N)cc2)cc1. The van der Waals surface area contributed by atoms with Gasteiger partial charge in [0.2, 0.25) is 15.9 Å². The van der Waals surface area contributed by atoms with Crippen molar-refractivity contribution in [3.05, 3.63) is 83.9 Å². The van der Waals surface area contributed by atoms with Crippen molar-refractivity contribution in [2.75, 3.05) is 13.7 Å². The lowest BCUT2D eigenvalue weighted by Gasteiger charge is -2.28. The Morgan fingerprint density at radius 1 is 1.00 bits per heavy atom. The minimum Gasteiger partial charge on any atom is -0.496 e. The maximum absolute atomic E-state index is 13.8. The number of rotatable bonds is 9. The highest BCUT2D eigenvalue weighted by Crippen LogP contribution is 2.26. The van der Waals surface area contributed by atoms with Gasteiger partial charge >= 0.3 is 0 Å². The molecule has 3 aromatic rings. The molecular formula is C29H32N4O4S. The molecule has 1 aliphatic rings. The largest absolute Gasteiger partial charge is 0.496 e. The molecule has 1 fully saturated rings. The second-order valence-electron chi connectivity index (χ2n) is 9.48. The van der Waals surface area contributed by atoms with Crippen LogP contribution in [0.3, 0.4) is 0 Å². The zero-order valence-electron chi connectivity index (χ0n) is 21.3. The summed E-state index contributed by atoms with van der Waals surface area (Å²) < 4.78 is 34.2. The fraction of sp³-hybridized carbons (Fsp3) is 0.310. The monoisotopic (exact) mass is 532 g/mol. The third kappa shape index (κ3) is 6.58. The van der Waals surface area contributed by atoms with E-state index in [2.05, 4.69) is 11.4 Å². The van der Waals surface area contributed by atoms with Crippen LogP contribution in [0.1, 0.15) is 36.8 Å². The first-order valence-electron chi connectivity index (χ1n) is 12.6. The molecule has 1 amide bonds. The molecule has 0 aromatic heterocycles. The number of nitrogens with zero attached hydrogens (tertiary/aromatic N) is 2. The Bertz CT molecular complexity index is 1390. The summed E-state index contributed by atoms with van der Waals surface area (Å²) in [6.07, 6.45) is 3.23. The van der Waals surface area contributed by atoms with Crippen molar-refractivity contribution in [2.24, 2.45) is 5.73 Å². The number of carbonyl (C=O) groups is 1. The normalized spacial score (nSPS) is 17.5. The van der Waals surface area contributed by atoms with Crippen molar-refractivity contribution >= 4 is 15.9 Å². The molecule has 0 spiro atoms. The molecule has 3 N–H and O–H groups in total. The Kier molecular flexibility index (Phi) is 8.79. The Balaban J connectivity index is 1.58. The third-order valence-electron chi connectivity index (χ3n) is 6.84. The van der Waals surface area contributed by atoms with Crippen molar-refractivity contribution in [3.8, 4) is 22.9 Å². The molecule has 38 heavy (non-hydrogen) atoms. The van der Waals surface area contributed by atoms with E-state index < -0.39 is 10.0 Å². The van der Waals surface area contributed by atoms with Gasteiger partial charge in [0.1, 0.15) is 5.75 Å². The topological polar surface area (TPSA) is 126 Å². The van der Waals surface area contributed by atoms with E-state index in [9.17, 15) is 13.2 Å². The second-order valence-corrected chi connectivity index (χ2v) is 11.4. The number of hydrogen-bond acceptors (Lipinski definition) is 6. The summed E-state index contributed by atoms with van der Waals surface area (Å²) in [6, 6.07) is 23.0. The van der Waals surface area contributed by atoms with E-state index in [1.165, 1.54) is 11.4 Å². The molecule has 1 aliphatic carbocycles. The smallest absolute Gasteiger partial charge is 0.243 e. The number of benzene rings is 3. The second kappa shape index (κ2) is 12.2. The van der Waals surface area contributed by atoms with E-state index in [0.717, 1.165) is 36.8 Å². The predicted octanol–water partition coefficient (Wildman–Crippen LogP) is 3.81. The van der Waals surface area contributed by atoms with E-state index in [1.54, 1.807) is 54.6 Å². The lowest BCUT2D eigenvalue weighted by atomic mass is 9.92. The van der Waals surface area contributed by atoms with Gasteiger partial charge in [-0.05, 0) is 67.1 Å². The number of hydrogen-bond donors (Lipinski definition) is 2. The molecule has 8 nitrogen and oxygen atoms in total. The molecule has 0 atom stereocenters. The molecule has 0 bridgehead atoms. The highest BCUT2D eigenvalue weighted by molar-refractivity contribution is 7.89. The van der Waals surface area contributed by atoms with Gasteiger partial charge in [-0.2, -0.15) is 9.57 Å². The molecule has 0 unspecified atom stereocenters. The zero-order valence-corrected chi connectivity index (χ0v) is 22.2. The number of nitriles is 1. The quantitative estimate of drug-likeness (QED) is 0.432. The molecule has 0 saturated heterocycles. The van der Waals surface area contributed by atoms with Crippen LogP contribution in [0.15, 0.2) is 77.7 Å². The summed E-state index contributed by atoms with van der Waals surface area (Å²) in [5.74, 6) is 0.198. The Morgan fingerprint density at radius 3 is 2.21 bits per heavy atom. The maximum Gasteiger partial charge on any atom is 0.243 e. The van der Waals surface area contributed by atoms with Crippen molar-refractivity contribution in [1.82, 2.24) is 9.62 Å². The number of para-hydroxylation sites is 1. The summed E-state index contributed by atoms with van der Waals surface area (Å²) in [6.45, 7) is -0.340. The van der Waals surface area contributed by atoms with Crippen LogP contribution >= 0.6 is 0 Å². The van der Waals surface area contributed by atoms with Gasteiger partial charge in [0.25, 0.3) is 0 Å². The standard InChI is InChI=1S/C29H32N4O4S/c1-37-28-5-3-2-4-24(28)19-33(20-29(34)32-26-14-12-25(31)13-15-26)38(35,36)27-16-10-23(11-17-27)22-8-6-21(18-30)7-9-22/h2-11,16-17,25-26H,12-15,19-20,31H2,1H3,(H,32,34). The highest BCUT2D eigenvalue weighted by Gasteiger charge is 2.29. The van der Waals surface area contributed by atoms with Gasteiger partial charge in [-0.1, -0.05) is 42.5 Å². The third-order valence-corrected chi connectivity index (χ3v) is 8.64. The number of sulfonamides is 1. The summed E-state index contributed by atoms with van der Waals surface area (Å²) in [4.78, 5) is 13.1. The number of carbonyl (C=O) groups excluding carboxylic acids is 1. The molecule has 4 rings (SSSR count). The molecule has 0 radical (unpaired) electrons. The van der Waals surface area contributed by atoms with Crippen molar-refractivity contribution in [3.63, 3.8) is 0 Å². The average Bonchev–Trinajstić information content (AvgIpc) is 2.94. The minimum atomic E-state index is -4.02. The van der Waals surface area contributed by atoms with Crippen LogP contribution in [0.5, 0.6) is 5.75 Å². The van der Waals surface area contributed by atoms with Crippen LogP contribution in [0, 0.1) is 11.3 Å². The van der Waals surface area contributed by atoms with E-state index in [1.807, 2.05) is 18.2 Å². The van der Waals surface area contributed by atoms with Crippen LogP contribution in [0.4, 0.5) is 0 Å². The molecule has 198 valence electrons. The highest BCUT2D eigenvalue weighted by atomic mass is 32.2. The van der Waals surface area contributed by atoms with E-state index >= 15 is 0 Å². The first-order valence-corrected chi connectivity index (χ1v) is 14.0. The van der Waals surface area contributed by atoms with Crippen molar-refractivity contribution in [1.29, 1.82) is 5.26 Å². The fourth-order valence-electron chi connectivity index (χ4n) is 4.65. The lowest BCUT2D eigenvalue weighted by molar-refractivity contribution is -0.122. The Labute approximate surface area is 224 Å². The Morgan fingerprint density at radius 2 is 1.61 bits per heavy atom. The average molecular weight is 533 g/mol. The number of amides is 1. The zero-order chi connectivity index (χ0) is 27.1. The van der Waals surface area contributed by atoms with Crippen molar-refractivity contribution < 1.29 is 17.9 Å². The first kappa shape index (κ1) is 27.3. The van der Waals surface area contributed by atoms with Crippen LogP contribution in [0.2, 0.25) is 0 Å². The fourth-order valence-corrected chi connectivity index (χ4v) is 6.03. The molecule has 0 aliphatic heterocycles. The van der Waals surface area contributed by atoms with Gasteiger partial charge in [0.05, 0.1) is 30.2 Å². The van der Waals surface area contributed by atoms with Gasteiger partial charge in [-0.3, -0.25) is 4.79 Å². The van der Waals surface area contributed by atoms with Gasteiger partial charge in [-0.25, -0.2) is 8.42 Å². The van der Waals surface area contributed by atoms with Crippen LogP contribution in [-0.4, -0.2) is 44.4 Å². The minimum absolute atomic E-state index is 0.00943. The predicted molar refractivity (Wildman–Crippen MR) is 146 cm³/mol. The molecule has 3 aromatic carbocycles. The first-order chi connectivity index (χ1) is 18.3. The van der Waals surface area contributed by atoms with Crippen LogP contribution in [0.25, 0.3) is 11.1 Å². The van der Waals surface area contributed by atoms with Crippen LogP contribution in [-0.2, 0) is 21.4 Å². The Hall–Kier alpha value is -3.71. The van der Waals surface area contributed by atoms with E-state index in [4.69, 9.17) is 15.7 Å². The van der Waals surface area contributed by atoms with Crippen molar-refractivity contribution in [2.45, 2.75) is 49.2 Å². The van der Waals surface area contributed by atoms with E-state index in [0.29, 0.717) is 16.9 Å². The van der Waals surface area contributed by atoms with Gasteiger partial charge in [-0.15, -0.1) is 0 Å². The summed E-state index contributed by atoms with van der Waals surface area (Å²) >= 11 is 0. The summed E-state index contributed by atoms with van der Waals surface area (Å²) in [5.41, 5.74) is 8.87. The van der Waals surface area contributed by atoms with Gasteiger partial charge in [0.15, 0.2) is 0 Å². The number of ether oxygens (including phenoxy) is 1. The molecule has 9 heteroatoms. The number of nitrogens with two attached hydrogens (primary N) is 1. The number of nitrogens with one attached hydrogen (secondary N) is 1. The summed E-state index contributed by atoms with van der Waals surface area (Å²) in [7, 11) is -2.50. The van der Waals surface area contributed by atoms with Gasteiger partial charge < -0.3 is 15.8 Å². The van der Waals surface area contributed by atoms with Crippen LogP contribution < -0.4 is 15.8 Å². The molecule has 1 saturated carbocycles. The maximum atomic E-state index is 13.8. The van der Waals surface area contributed by atoms with Gasteiger partial charge in [0, 0.05) is 24.2 Å².